The summed E-state index contributed by atoms with van der Waals surface area (Å²) in [4.78, 5) is 0. The van der Waals surface area contributed by atoms with E-state index in [0.29, 0.717) is 5.92 Å². The third-order valence-corrected chi connectivity index (χ3v) is 4.40. The molecule has 1 aromatic heterocycles. The second-order valence-electron chi connectivity index (χ2n) is 5.60. The molecular weight excluding hydrogens is 258 g/mol. The van der Waals surface area contributed by atoms with E-state index in [2.05, 4.69) is 28.9 Å². The molecule has 1 aromatic rings. The van der Waals surface area contributed by atoms with Crippen LogP contribution in [0.1, 0.15) is 57.6 Å². The molecule has 0 aliphatic heterocycles. The fourth-order valence-electron chi connectivity index (χ4n) is 3.24. The SMILES string of the molecule is CCCNCC1CCCC1c1c(Cl)cnn1CCC. The summed E-state index contributed by atoms with van der Waals surface area (Å²) in [6.45, 7) is 7.62. The van der Waals surface area contributed by atoms with Crippen LogP contribution in [0, 0.1) is 5.92 Å². The van der Waals surface area contributed by atoms with Gasteiger partial charge in [0.2, 0.25) is 0 Å². The maximum absolute atomic E-state index is 6.38. The number of hydrogen-bond donors (Lipinski definition) is 1. The summed E-state index contributed by atoms with van der Waals surface area (Å²) in [5, 5.41) is 8.87. The Labute approximate surface area is 121 Å². The van der Waals surface area contributed by atoms with Gasteiger partial charge in [0.15, 0.2) is 0 Å². The first kappa shape index (κ1) is 14.9. The van der Waals surface area contributed by atoms with E-state index in [9.17, 15) is 0 Å². The van der Waals surface area contributed by atoms with Crippen molar-refractivity contribution in [3.63, 3.8) is 0 Å². The minimum atomic E-state index is 0.589. The highest BCUT2D eigenvalue weighted by atomic mass is 35.5. The molecule has 1 N–H and O–H groups in total. The second kappa shape index (κ2) is 7.30. The minimum Gasteiger partial charge on any atom is -0.316 e. The first-order valence-electron chi connectivity index (χ1n) is 7.69. The summed E-state index contributed by atoms with van der Waals surface area (Å²) in [6.07, 6.45) is 8.02. The van der Waals surface area contributed by atoms with E-state index in [1.165, 1.54) is 31.4 Å². The van der Waals surface area contributed by atoms with Gasteiger partial charge in [-0.3, -0.25) is 4.68 Å². The highest BCUT2D eigenvalue weighted by molar-refractivity contribution is 6.31. The van der Waals surface area contributed by atoms with Gasteiger partial charge in [-0.25, -0.2) is 0 Å². The number of nitrogens with one attached hydrogen (secondary N) is 1. The quantitative estimate of drug-likeness (QED) is 0.771. The Hall–Kier alpha value is -0.540. The van der Waals surface area contributed by atoms with Crippen molar-refractivity contribution in [2.24, 2.45) is 5.92 Å². The van der Waals surface area contributed by atoms with Crippen molar-refractivity contribution in [2.75, 3.05) is 13.1 Å². The van der Waals surface area contributed by atoms with Crippen LogP contribution in [0.25, 0.3) is 0 Å². The van der Waals surface area contributed by atoms with Crippen molar-refractivity contribution in [2.45, 2.75) is 58.4 Å². The minimum absolute atomic E-state index is 0.589. The number of nitrogens with zero attached hydrogens (tertiary/aromatic N) is 2. The average Bonchev–Trinajstić information content (AvgIpc) is 2.97. The van der Waals surface area contributed by atoms with Gasteiger partial charge in [0.05, 0.1) is 16.9 Å². The molecule has 1 aliphatic rings. The Kier molecular flexibility index (Phi) is 5.71. The van der Waals surface area contributed by atoms with Crippen molar-refractivity contribution in [3.8, 4) is 0 Å². The highest BCUT2D eigenvalue weighted by Crippen LogP contribution is 2.41. The van der Waals surface area contributed by atoms with Crippen LogP contribution < -0.4 is 5.32 Å². The molecule has 0 saturated heterocycles. The lowest BCUT2D eigenvalue weighted by molar-refractivity contribution is 0.418. The fourth-order valence-corrected chi connectivity index (χ4v) is 3.52. The molecule has 0 aromatic carbocycles. The third kappa shape index (κ3) is 3.51. The molecule has 1 fully saturated rings. The van der Waals surface area contributed by atoms with E-state index in [1.807, 2.05) is 6.20 Å². The van der Waals surface area contributed by atoms with E-state index >= 15 is 0 Å². The van der Waals surface area contributed by atoms with E-state index < -0.39 is 0 Å². The molecule has 1 aliphatic carbocycles. The summed E-state index contributed by atoms with van der Waals surface area (Å²) in [6, 6.07) is 0. The molecule has 4 heteroatoms. The van der Waals surface area contributed by atoms with E-state index in [-0.39, 0.29) is 0 Å². The Bertz CT molecular complexity index is 389. The van der Waals surface area contributed by atoms with Gasteiger partial charge in [0.1, 0.15) is 0 Å². The van der Waals surface area contributed by atoms with Gasteiger partial charge in [-0.1, -0.05) is 31.9 Å². The first-order valence-corrected chi connectivity index (χ1v) is 8.07. The average molecular weight is 284 g/mol. The van der Waals surface area contributed by atoms with Crippen molar-refractivity contribution in [1.29, 1.82) is 0 Å². The molecule has 0 radical (unpaired) electrons. The number of hydrogen-bond acceptors (Lipinski definition) is 2. The van der Waals surface area contributed by atoms with Crippen LogP contribution >= 0.6 is 11.6 Å². The predicted octanol–water partition coefficient (Wildman–Crippen LogP) is 3.83. The molecule has 2 rings (SSSR count). The first-order chi connectivity index (χ1) is 9.27. The molecule has 0 spiro atoms. The molecule has 0 bridgehead atoms. The second-order valence-corrected chi connectivity index (χ2v) is 6.01. The molecule has 3 nitrogen and oxygen atoms in total. The normalized spacial score (nSPS) is 23.1. The summed E-state index contributed by atoms with van der Waals surface area (Å²) >= 11 is 6.38. The summed E-state index contributed by atoms with van der Waals surface area (Å²) in [7, 11) is 0. The summed E-state index contributed by atoms with van der Waals surface area (Å²) < 4.78 is 2.13. The molecule has 1 heterocycles. The lowest BCUT2D eigenvalue weighted by Crippen LogP contribution is -2.26. The Morgan fingerprint density at radius 3 is 2.95 bits per heavy atom. The van der Waals surface area contributed by atoms with Crippen LogP contribution in [-0.4, -0.2) is 22.9 Å². The van der Waals surface area contributed by atoms with Crippen LogP contribution in [0.15, 0.2) is 6.20 Å². The predicted molar refractivity (Wildman–Crippen MR) is 80.8 cm³/mol. The van der Waals surface area contributed by atoms with Crippen LogP contribution in [-0.2, 0) is 6.54 Å². The molecule has 0 amide bonds. The summed E-state index contributed by atoms with van der Waals surface area (Å²) in [5.74, 6) is 1.31. The van der Waals surface area contributed by atoms with E-state index in [0.717, 1.165) is 37.0 Å². The number of rotatable bonds is 7. The van der Waals surface area contributed by atoms with Gasteiger partial charge in [-0.05, 0) is 44.7 Å². The Morgan fingerprint density at radius 1 is 1.37 bits per heavy atom. The molecule has 2 unspecified atom stereocenters. The van der Waals surface area contributed by atoms with Crippen LogP contribution in [0.2, 0.25) is 5.02 Å². The maximum atomic E-state index is 6.38. The topological polar surface area (TPSA) is 29.9 Å². The monoisotopic (exact) mass is 283 g/mol. The lowest BCUT2D eigenvalue weighted by Gasteiger charge is -2.21. The van der Waals surface area contributed by atoms with Crippen molar-refractivity contribution >= 4 is 11.6 Å². The summed E-state index contributed by atoms with van der Waals surface area (Å²) in [5.41, 5.74) is 1.28. The van der Waals surface area contributed by atoms with Gasteiger partial charge in [0, 0.05) is 12.5 Å². The number of aryl methyl sites for hydroxylation is 1. The zero-order valence-electron chi connectivity index (χ0n) is 12.2. The molecule has 19 heavy (non-hydrogen) atoms. The standard InChI is InChI=1S/C15H26ClN3/c1-3-8-17-10-12-6-5-7-13(12)15-14(16)11-18-19(15)9-4-2/h11-13,17H,3-10H2,1-2H3. The molecule has 108 valence electrons. The maximum Gasteiger partial charge on any atom is 0.0820 e. The van der Waals surface area contributed by atoms with Gasteiger partial charge >= 0.3 is 0 Å². The largest absolute Gasteiger partial charge is 0.316 e. The van der Waals surface area contributed by atoms with Crippen LogP contribution in [0.3, 0.4) is 0 Å². The van der Waals surface area contributed by atoms with Crippen LogP contribution in [0.5, 0.6) is 0 Å². The highest BCUT2D eigenvalue weighted by Gasteiger charge is 2.32. The van der Waals surface area contributed by atoms with Crippen molar-refractivity contribution in [1.82, 2.24) is 15.1 Å². The van der Waals surface area contributed by atoms with Crippen molar-refractivity contribution < 1.29 is 0 Å². The zero-order chi connectivity index (χ0) is 13.7. The molecule has 1 saturated carbocycles. The van der Waals surface area contributed by atoms with E-state index in [1.54, 1.807) is 0 Å². The Morgan fingerprint density at radius 2 is 2.21 bits per heavy atom. The smallest absolute Gasteiger partial charge is 0.0820 e. The van der Waals surface area contributed by atoms with Crippen molar-refractivity contribution in [3.05, 3.63) is 16.9 Å². The van der Waals surface area contributed by atoms with Crippen LogP contribution in [0.4, 0.5) is 0 Å². The van der Waals surface area contributed by atoms with Gasteiger partial charge in [-0.2, -0.15) is 5.10 Å². The molecule has 2 atom stereocenters. The number of aromatic nitrogens is 2. The number of halogens is 1. The van der Waals surface area contributed by atoms with Gasteiger partial charge in [0.25, 0.3) is 0 Å². The Balaban J connectivity index is 2.08. The van der Waals surface area contributed by atoms with Gasteiger partial charge < -0.3 is 5.32 Å². The van der Waals surface area contributed by atoms with E-state index in [4.69, 9.17) is 11.6 Å². The van der Waals surface area contributed by atoms with Gasteiger partial charge in [-0.15, -0.1) is 0 Å². The fraction of sp³-hybridized carbons (Fsp3) is 0.800. The lowest BCUT2D eigenvalue weighted by atomic mass is 9.92. The molecular formula is C15H26ClN3. The third-order valence-electron chi connectivity index (χ3n) is 4.11. The zero-order valence-corrected chi connectivity index (χ0v) is 12.9.